The van der Waals surface area contributed by atoms with Crippen LogP contribution in [0.1, 0.15) is 40.5 Å². The topological polar surface area (TPSA) is 98.6 Å². The van der Waals surface area contributed by atoms with Gasteiger partial charge in [-0.2, -0.15) is 0 Å². The Bertz CT molecular complexity index is 1250. The number of carbonyl (C=O) groups is 2. The van der Waals surface area contributed by atoms with E-state index in [1.54, 1.807) is 31.1 Å². The number of anilines is 1. The number of amides is 2. The van der Waals surface area contributed by atoms with Gasteiger partial charge in [0.1, 0.15) is 17.3 Å². The summed E-state index contributed by atoms with van der Waals surface area (Å²) in [6.45, 7) is 3.99. The summed E-state index contributed by atoms with van der Waals surface area (Å²) in [5.74, 6) is 1.41. The molecule has 0 unspecified atom stereocenters. The zero-order valence-corrected chi connectivity index (χ0v) is 19.3. The molecule has 0 aliphatic carbocycles. The number of nitrogens with zero attached hydrogens (tertiary/aromatic N) is 4. The lowest BCUT2D eigenvalue weighted by Gasteiger charge is -2.28. The Labute approximate surface area is 197 Å². The highest BCUT2D eigenvalue weighted by Crippen LogP contribution is 2.29. The van der Waals surface area contributed by atoms with Crippen LogP contribution in [-0.2, 0) is 30.7 Å². The Kier molecular flexibility index (Phi) is 5.91. The van der Waals surface area contributed by atoms with Crippen molar-refractivity contribution < 1.29 is 19.1 Å². The Morgan fingerprint density at radius 3 is 2.85 bits per heavy atom. The van der Waals surface area contributed by atoms with E-state index in [1.807, 2.05) is 24.4 Å². The molecule has 176 valence electrons. The van der Waals surface area contributed by atoms with Crippen molar-refractivity contribution in [3.63, 3.8) is 0 Å². The number of ether oxygens (including phenoxy) is 2. The molecule has 0 radical (unpaired) electrons. The average molecular weight is 462 g/mol. The van der Waals surface area contributed by atoms with Crippen molar-refractivity contribution in [3.8, 4) is 17.3 Å². The summed E-state index contributed by atoms with van der Waals surface area (Å²) in [5.41, 5.74) is 4.28. The van der Waals surface area contributed by atoms with Crippen LogP contribution >= 0.6 is 0 Å². The molecule has 4 heterocycles. The van der Waals surface area contributed by atoms with Crippen molar-refractivity contribution in [3.05, 3.63) is 58.9 Å². The fraction of sp³-hybridized carbons (Fsp3) is 0.360. The number of carbonyl (C=O) groups excluding carboxylic acids is 2. The molecule has 0 fully saturated rings. The maximum absolute atomic E-state index is 13.2. The van der Waals surface area contributed by atoms with Gasteiger partial charge in [-0.25, -0.2) is 14.8 Å². The third-order valence-electron chi connectivity index (χ3n) is 6.28. The highest BCUT2D eigenvalue weighted by atomic mass is 16.6. The number of hydrogen-bond acceptors (Lipinski definition) is 6. The number of rotatable bonds is 5. The van der Waals surface area contributed by atoms with Gasteiger partial charge in [0, 0.05) is 31.5 Å². The van der Waals surface area contributed by atoms with Gasteiger partial charge in [0.05, 0.1) is 19.3 Å². The molecule has 2 amide bonds. The Morgan fingerprint density at radius 1 is 1.15 bits per heavy atom. The Morgan fingerprint density at radius 2 is 2.03 bits per heavy atom. The van der Waals surface area contributed by atoms with E-state index in [9.17, 15) is 9.59 Å². The van der Waals surface area contributed by atoms with Gasteiger partial charge < -0.3 is 24.3 Å². The predicted molar refractivity (Wildman–Crippen MR) is 126 cm³/mol. The highest BCUT2D eigenvalue weighted by molar-refractivity contribution is 6.06. The summed E-state index contributed by atoms with van der Waals surface area (Å²) in [4.78, 5) is 36.2. The van der Waals surface area contributed by atoms with Crippen LogP contribution in [0.5, 0.6) is 5.75 Å². The summed E-state index contributed by atoms with van der Waals surface area (Å²) in [7, 11) is 1.55. The van der Waals surface area contributed by atoms with Gasteiger partial charge in [-0.1, -0.05) is 6.07 Å². The maximum atomic E-state index is 13.2. The minimum Gasteiger partial charge on any atom is -0.496 e. The molecule has 1 N–H and O–H groups in total. The lowest BCUT2D eigenvalue weighted by atomic mass is 9.96. The number of hydrogen-bond donors (Lipinski definition) is 1. The van der Waals surface area contributed by atoms with E-state index in [0.717, 1.165) is 36.3 Å². The fourth-order valence-electron chi connectivity index (χ4n) is 4.60. The summed E-state index contributed by atoms with van der Waals surface area (Å²) >= 11 is 0. The van der Waals surface area contributed by atoms with E-state index in [2.05, 4.69) is 19.9 Å². The smallest absolute Gasteiger partial charge is 0.410 e. The fourth-order valence-corrected chi connectivity index (χ4v) is 4.60. The lowest BCUT2D eigenvalue weighted by molar-refractivity contribution is 0.102. The number of imidazole rings is 1. The van der Waals surface area contributed by atoms with Gasteiger partial charge >= 0.3 is 6.09 Å². The van der Waals surface area contributed by atoms with E-state index in [1.165, 1.54) is 5.69 Å². The van der Waals surface area contributed by atoms with Crippen LogP contribution in [0.15, 0.2) is 36.5 Å². The number of aryl methyl sites for hydroxylation is 1. The van der Waals surface area contributed by atoms with Gasteiger partial charge in [-0.3, -0.25) is 4.79 Å². The molecule has 2 aliphatic rings. The van der Waals surface area contributed by atoms with Gasteiger partial charge in [-0.05, 0) is 61.6 Å². The van der Waals surface area contributed by atoms with Crippen molar-refractivity contribution in [1.82, 2.24) is 19.4 Å². The third kappa shape index (κ3) is 4.09. The lowest BCUT2D eigenvalue weighted by Crippen LogP contribution is -2.36. The van der Waals surface area contributed by atoms with Crippen LogP contribution in [0, 0.1) is 0 Å². The Balaban J connectivity index is 1.39. The minimum absolute atomic E-state index is 0.325. The molecule has 0 atom stereocenters. The molecule has 34 heavy (non-hydrogen) atoms. The number of benzene rings is 1. The molecule has 5 rings (SSSR count). The largest absolute Gasteiger partial charge is 0.496 e. The molecule has 9 nitrogen and oxygen atoms in total. The van der Waals surface area contributed by atoms with E-state index in [-0.39, 0.29) is 12.0 Å². The first-order valence-corrected chi connectivity index (χ1v) is 11.5. The molecule has 0 bridgehead atoms. The van der Waals surface area contributed by atoms with E-state index in [4.69, 9.17) is 9.47 Å². The molecule has 2 aromatic heterocycles. The van der Waals surface area contributed by atoms with Crippen molar-refractivity contribution in [2.75, 3.05) is 25.6 Å². The van der Waals surface area contributed by atoms with Crippen LogP contribution in [0.25, 0.3) is 11.5 Å². The maximum Gasteiger partial charge on any atom is 0.410 e. The SMILES string of the molecule is CCOC(=O)N1CCc2cc(OC)c(C(=O)Nc3cccc(-c4ncc5n4CCC5)n3)cc2C1. The van der Waals surface area contributed by atoms with E-state index in [0.29, 0.717) is 48.9 Å². The first kappa shape index (κ1) is 21.9. The molecule has 1 aromatic carbocycles. The number of fused-ring (bicyclic) bond motifs is 2. The van der Waals surface area contributed by atoms with Crippen LogP contribution in [0.2, 0.25) is 0 Å². The first-order chi connectivity index (χ1) is 16.6. The number of pyridine rings is 1. The van der Waals surface area contributed by atoms with Gasteiger partial charge in [0.2, 0.25) is 0 Å². The number of nitrogens with one attached hydrogen (secondary N) is 1. The van der Waals surface area contributed by atoms with Gasteiger partial charge in [0.15, 0.2) is 5.82 Å². The molecule has 0 saturated carbocycles. The number of methoxy groups -OCH3 is 1. The van der Waals surface area contributed by atoms with E-state index >= 15 is 0 Å². The second-order valence-electron chi connectivity index (χ2n) is 8.38. The summed E-state index contributed by atoms with van der Waals surface area (Å²) in [6, 6.07) is 9.18. The monoisotopic (exact) mass is 461 g/mol. The predicted octanol–water partition coefficient (Wildman–Crippen LogP) is 3.67. The zero-order valence-electron chi connectivity index (χ0n) is 19.3. The van der Waals surface area contributed by atoms with Gasteiger partial charge in [-0.15, -0.1) is 0 Å². The standard InChI is InChI=1S/C25H27N5O4/c1-3-34-25(32)29-11-9-16-13-21(33-2)19(12-17(16)15-29)24(31)28-22-8-4-7-20(27-22)23-26-14-18-6-5-10-30(18)23/h4,7-8,12-14H,3,5-6,9-11,15H2,1-2H3,(H,27,28,31). The number of aromatic nitrogens is 3. The van der Waals surface area contributed by atoms with Crippen LogP contribution < -0.4 is 10.1 Å². The molecule has 0 spiro atoms. The van der Waals surface area contributed by atoms with Crippen molar-refractivity contribution in [2.24, 2.45) is 0 Å². The summed E-state index contributed by atoms with van der Waals surface area (Å²) < 4.78 is 12.8. The minimum atomic E-state index is -0.346. The second-order valence-corrected chi connectivity index (χ2v) is 8.38. The summed E-state index contributed by atoms with van der Waals surface area (Å²) in [6.07, 6.45) is 4.35. The first-order valence-electron chi connectivity index (χ1n) is 11.5. The van der Waals surface area contributed by atoms with Crippen molar-refractivity contribution in [1.29, 1.82) is 0 Å². The van der Waals surface area contributed by atoms with Crippen LogP contribution in [-0.4, -0.2) is 51.7 Å². The normalized spacial score (nSPS) is 14.4. The highest BCUT2D eigenvalue weighted by Gasteiger charge is 2.25. The molecular formula is C25H27N5O4. The molecular weight excluding hydrogens is 434 g/mol. The van der Waals surface area contributed by atoms with Crippen LogP contribution in [0.4, 0.5) is 10.6 Å². The Hall–Kier alpha value is -3.88. The van der Waals surface area contributed by atoms with Crippen molar-refractivity contribution in [2.45, 2.75) is 39.3 Å². The van der Waals surface area contributed by atoms with E-state index < -0.39 is 0 Å². The van der Waals surface area contributed by atoms with Crippen LogP contribution in [0.3, 0.4) is 0 Å². The summed E-state index contributed by atoms with van der Waals surface area (Å²) in [5, 5.41) is 2.89. The molecule has 2 aliphatic heterocycles. The second kappa shape index (κ2) is 9.17. The third-order valence-corrected chi connectivity index (χ3v) is 6.28. The van der Waals surface area contributed by atoms with Crippen molar-refractivity contribution >= 4 is 17.8 Å². The molecule has 0 saturated heterocycles. The van der Waals surface area contributed by atoms with Gasteiger partial charge in [0.25, 0.3) is 5.91 Å². The zero-order chi connectivity index (χ0) is 23.7. The quantitative estimate of drug-likeness (QED) is 0.623. The average Bonchev–Trinajstić information content (AvgIpc) is 3.47. The molecule has 9 heteroatoms. The molecule has 3 aromatic rings.